The van der Waals surface area contributed by atoms with Crippen LogP contribution in [0.4, 0.5) is 11.4 Å². The second-order valence-corrected chi connectivity index (χ2v) is 4.58. The number of amides is 1. The molecule has 0 bridgehead atoms. The number of nitrogens with zero attached hydrogens (tertiary/aromatic N) is 1. The second kappa shape index (κ2) is 9.15. The maximum atomic E-state index is 12.0. The van der Waals surface area contributed by atoms with Crippen molar-refractivity contribution < 1.29 is 9.72 Å². The molecule has 0 fully saturated rings. The summed E-state index contributed by atoms with van der Waals surface area (Å²) in [5.41, 5.74) is 11.1. The molecule has 0 spiro atoms. The summed E-state index contributed by atoms with van der Waals surface area (Å²) in [7, 11) is 0. The van der Waals surface area contributed by atoms with Gasteiger partial charge in [-0.2, -0.15) is 0 Å². The highest BCUT2D eigenvalue weighted by Gasteiger charge is 2.17. The number of nitro groups is 1. The van der Waals surface area contributed by atoms with Crippen LogP contribution in [0.5, 0.6) is 0 Å². The maximum Gasteiger partial charge on any atom is 0.292 e. The molecule has 0 heterocycles. The van der Waals surface area contributed by atoms with Crippen LogP contribution in [0.3, 0.4) is 0 Å². The van der Waals surface area contributed by atoms with E-state index in [1.807, 2.05) is 0 Å². The molecule has 1 aromatic rings. The molecule has 0 saturated heterocycles. The Morgan fingerprint density at radius 2 is 2.14 bits per heavy atom. The van der Waals surface area contributed by atoms with Gasteiger partial charge in [0.1, 0.15) is 5.69 Å². The Bertz CT molecular complexity index is 496. The first-order valence-electron chi connectivity index (χ1n) is 6.54. The number of anilines is 1. The number of carbonyl (C=O) groups excluding carboxylic acids is 1. The van der Waals surface area contributed by atoms with Crippen LogP contribution in [0.25, 0.3) is 0 Å². The van der Waals surface area contributed by atoms with Gasteiger partial charge in [0.2, 0.25) is 0 Å². The van der Waals surface area contributed by atoms with Crippen LogP contribution in [0, 0.1) is 10.1 Å². The number of nitrogens with two attached hydrogens (primary N) is 2. The van der Waals surface area contributed by atoms with Crippen LogP contribution in [0.1, 0.15) is 36.5 Å². The van der Waals surface area contributed by atoms with Gasteiger partial charge in [0.25, 0.3) is 11.6 Å². The van der Waals surface area contributed by atoms with Crippen molar-refractivity contribution in [1.82, 2.24) is 5.32 Å². The number of benzene rings is 1. The number of hydrogen-bond donors (Lipinski definition) is 3. The molecule has 1 atom stereocenters. The lowest BCUT2D eigenvalue weighted by Crippen LogP contribution is -2.40. The summed E-state index contributed by atoms with van der Waals surface area (Å²) in [6.45, 7) is 2.39. The summed E-state index contributed by atoms with van der Waals surface area (Å²) in [5, 5.41) is 13.6. The standard InChI is InChI=1S/C13H20N4O3.ClH/c1-2-3-4-10(8-14)16-13(18)9-5-6-11(15)12(7-9)17(19)20;/h5-7,10H,2-4,8,14-15H2,1H3,(H,16,18);1H. The molecule has 1 amide bonds. The van der Waals surface area contributed by atoms with Gasteiger partial charge in [-0.15, -0.1) is 12.4 Å². The average molecular weight is 317 g/mol. The summed E-state index contributed by atoms with van der Waals surface area (Å²) >= 11 is 0. The predicted molar refractivity (Wildman–Crippen MR) is 84.6 cm³/mol. The van der Waals surface area contributed by atoms with E-state index >= 15 is 0 Å². The highest BCUT2D eigenvalue weighted by atomic mass is 35.5. The Hall–Kier alpha value is -1.86. The first-order valence-corrected chi connectivity index (χ1v) is 6.54. The van der Waals surface area contributed by atoms with E-state index in [0.717, 1.165) is 19.3 Å². The van der Waals surface area contributed by atoms with Crippen LogP contribution in [-0.2, 0) is 0 Å². The Balaban J connectivity index is 0.00000400. The second-order valence-electron chi connectivity index (χ2n) is 4.58. The first kappa shape index (κ1) is 19.1. The highest BCUT2D eigenvalue weighted by molar-refractivity contribution is 5.95. The van der Waals surface area contributed by atoms with Crippen molar-refractivity contribution >= 4 is 29.7 Å². The lowest BCUT2D eigenvalue weighted by atomic mass is 10.1. The smallest absolute Gasteiger partial charge is 0.292 e. The van der Waals surface area contributed by atoms with Gasteiger partial charge in [0, 0.05) is 24.2 Å². The summed E-state index contributed by atoms with van der Waals surface area (Å²) in [6, 6.07) is 3.87. The molecule has 0 radical (unpaired) electrons. The molecule has 118 valence electrons. The maximum absolute atomic E-state index is 12.0. The van der Waals surface area contributed by atoms with Gasteiger partial charge in [-0.1, -0.05) is 19.8 Å². The minimum atomic E-state index is -0.608. The van der Waals surface area contributed by atoms with E-state index in [1.165, 1.54) is 18.2 Å². The van der Waals surface area contributed by atoms with E-state index in [-0.39, 0.29) is 41.3 Å². The fourth-order valence-corrected chi connectivity index (χ4v) is 1.81. The Kier molecular flexibility index (Phi) is 8.34. The molecule has 21 heavy (non-hydrogen) atoms. The minimum Gasteiger partial charge on any atom is -0.393 e. The number of carbonyl (C=O) groups is 1. The van der Waals surface area contributed by atoms with E-state index in [9.17, 15) is 14.9 Å². The van der Waals surface area contributed by atoms with Crippen LogP contribution in [-0.4, -0.2) is 23.4 Å². The lowest BCUT2D eigenvalue weighted by Gasteiger charge is -2.16. The van der Waals surface area contributed by atoms with Crippen molar-refractivity contribution in [3.05, 3.63) is 33.9 Å². The normalized spacial score (nSPS) is 11.3. The largest absolute Gasteiger partial charge is 0.393 e. The quantitative estimate of drug-likeness (QED) is 0.402. The van der Waals surface area contributed by atoms with Gasteiger partial charge in [0.05, 0.1) is 4.92 Å². The van der Waals surface area contributed by atoms with Crippen molar-refractivity contribution in [2.24, 2.45) is 5.73 Å². The molecule has 5 N–H and O–H groups in total. The van der Waals surface area contributed by atoms with Gasteiger partial charge < -0.3 is 16.8 Å². The summed E-state index contributed by atoms with van der Waals surface area (Å²) in [5.74, 6) is -0.375. The number of nitrogen functional groups attached to an aromatic ring is 1. The molecule has 0 saturated carbocycles. The third-order valence-electron chi connectivity index (χ3n) is 3.02. The number of nitrogens with one attached hydrogen (secondary N) is 1. The average Bonchev–Trinajstić information content (AvgIpc) is 2.43. The number of halogens is 1. The number of hydrogen-bond acceptors (Lipinski definition) is 5. The SMILES string of the molecule is CCCCC(CN)NC(=O)c1ccc(N)c([N+](=O)[O-])c1.Cl. The Morgan fingerprint density at radius 3 is 2.67 bits per heavy atom. The van der Waals surface area contributed by atoms with Crippen molar-refractivity contribution in [3.8, 4) is 0 Å². The lowest BCUT2D eigenvalue weighted by molar-refractivity contribution is -0.383. The molecular formula is C13H21ClN4O3. The fraction of sp³-hybridized carbons (Fsp3) is 0.462. The first-order chi connectivity index (χ1) is 9.49. The minimum absolute atomic E-state index is 0. The van der Waals surface area contributed by atoms with Gasteiger partial charge in [0.15, 0.2) is 0 Å². The zero-order valence-electron chi connectivity index (χ0n) is 11.9. The molecular weight excluding hydrogens is 296 g/mol. The molecule has 1 unspecified atom stereocenters. The summed E-state index contributed by atoms with van der Waals surface area (Å²) in [4.78, 5) is 22.2. The fourth-order valence-electron chi connectivity index (χ4n) is 1.81. The zero-order chi connectivity index (χ0) is 15.1. The highest BCUT2D eigenvalue weighted by Crippen LogP contribution is 2.22. The predicted octanol–water partition coefficient (Wildman–Crippen LogP) is 1.85. The number of rotatable bonds is 7. The van der Waals surface area contributed by atoms with Gasteiger partial charge in [-0.3, -0.25) is 14.9 Å². The van der Waals surface area contributed by atoms with E-state index in [4.69, 9.17) is 11.5 Å². The number of unbranched alkanes of at least 4 members (excludes halogenated alkanes) is 1. The number of nitro benzene ring substituents is 1. The topological polar surface area (TPSA) is 124 Å². The third-order valence-corrected chi connectivity index (χ3v) is 3.02. The van der Waals surface area contributed by atoms with Gasteiger partial charge in [-0.25, -0.2) is 0 Å². The van der Waals surface area contributed by atoms with Gasteiger partial charge >= 0.3 is 0 Å². The van der Waals surface area contributed by atoms with E-state index in [2.05, 4.69) is 12.2 Å². The molecule has 1 aromatic carbocycles. The van der Waals surface area contributed by atoms with Crippen LogP contribution >= 0.6 is 12.4 Å². The van der Waals surface area contributed by atoms with Crippen LogP contribution in [0.2, 0.25) is 0 Å². The Morgan fingerprint density at radius 1 is 1.48 bits per heavy atom. The molecule has 0 aliphatic rings. The molecule has 7 nitrogen and oxygen atoms in total. The van der Waals surface area contributed by atoms with Crippen LogP contribution in [0.15, 0.2) is 18.2 Å². The molecule has 0 aliphatic heterocycles. The third kappa shape index (κ3) is 5.57. The zero-order valence-corrected chi connectivity index (χ0v) is 12.7. The van der Waals surface area contributed by atoms with E-state index in [0.29, 0.717) is 6.54 Å². The monoisotopic (exact) mass is 316 g/mol. The molecule has 1 rings (SSSR count). The Labute approximate surface area is 129 Å². The molecule has 0 aliphatic carbocycles. The van der Waals surface area contributed by atoms with Gasteiger partial charge in [-0.05, 0) is 18.6 Å². The van der Waals surface area contributed by atoms with Crippen molar-refractivity contribution in [2.75, 3.05) is 12.3 Å². The van der Waals surface area contributed by atoms with E-state index in [1.54, 1.807) is 0 Å². The molecule has 0 aromatic heterocycles. The van der Waals surface area contributed by atoms with Crippen molar-refractivity contribution in [1.29, 1.82) is 0 Å². The molecule has 8 heteroatoms. The van der Waals surface area contributed by atoms with Crippen LogP contribution < -0.4 is 16.8 Å². The summed E-state index contributed by atoms with van der Waals surface area (Å²) in [6.07, 6.45) is 2.76. The van der Waals surface area contributed by atoms with E-state index < -0.39 is 4.92 Å². The van der Waals surface area contributed by atoms with Crippen molar-refractivity contribution in [2.45, 2.75) is 32.2 Å². The van der Waals surface area contributed by atoms with Crippen molar-refractivity contribution in [3.63, 3.8) is 0 Å². The summed E-state index contributed by atoms with van der Waals surface area (Å²) < 4.78 is 0.